The van der Waals surface area contributed by atoms with Gasteiger partial charge in [-0.1, -0.05) is 18.2 Å². The highest BCUT2D eigenvalue weighted by Gasteiger charge is 2.23. The second-order valence-electron chi connectivity index (χ2n) is 7.13. The van der Waals surface area contributed by atoms with Gasteiger partial charge in [-0.05, 0) is 51.2 Å². The number of amides is 1. The highest BCUT2D eigenvalue weighted by atomic mass is 127. The highest BCUT2D eigenvalue weighted by molar-refractivity contribution is 14.0. The summed E-state index contributed by atoms with van der Waals surface area (Å²) in [6.07, 6.45) is 3.63. The molecular formula is C21H36IN5O. The number of carbonyl (C=O) groups is 1. The Labute approximate surface area is 187 Å². The molecule has 0 radical (unpaired) electrons. The molecule has 6 nitrogen and oxygen atoms in total. The second-order valence-corrected chi connectivity index (χ2v) is 7.13. The van der Waals surface area contributed by atoms with Crippen LogP contribution in [-0.2, 0) is 4.79 Å². The van der Waals surface area contributed by atoms with E-state index in [9.17, 15) is 4.79 Å². The number of halogens is 1. The van der Waals surface area contributed by atoms with Crippen LogP contribution in [0.2, 0.25) is 0 Å². The predicted molar refractivity (Wildman–Crippen MR) is 128 cm³/mol. The fourth-order valence-corrected chi connectivity index (χ4v) is 3.69. The SMILES string of the molecule is CCNC(=NCCCN(CC)c1ccccc1)N1CCCC(CC(N)=O)C1.I. The lowest BCUT2D eigenvalue weighted by atomic mass is 9.95. The molecule has 1 aliphatic heterocycles. The van der Waals surface area contributed by atoms with Crippen LogP contribution < -0.4 is 16.0 Å². The predicted octanol–water partition coefficient (Wildman–Crippen LogP) is 3.07. The van der Waals surface area contributed by atoms with E-state index < -0.39 is 0 Å². The van der Waals surface area contributed by atoms with E-state index in [-0.39, 0.29) is 29.9 Å². The van der Waals surface area contributed by atoms with Crippen molar-refractivity contribution in [2.75, 3.05) is 44.2 Å². The minimum absolute atomic E-state index is 0. The maximum Gasteiger partial charge on any atom is 0.217 e. The van der Waals surface area contributed by atoms with Gasteiger partial charge in [0.1, 0.15) is 0 Å². The molecule has 1 aliphatic rings. The lowest BCUT2D eigenvalue weighted by Gasteiger charge is -2.34. The molecule has 1 heterocycles. The van der Waals surface area contributed by atoms with E-state index in [0.29, 0.717) is 12.3 Å². The lowest BCUT2D eigenvalue weighted by molar-refractivity contribution is -0.119. The number of anilines is 1. The molecule has 3 N–H and O–H groups in total. The third-order valence-electron chi connectivity index (χ3n) is 4.99. The number of aliphatic imine (C=N–C) groups is 1. The summed E-state index contributed by atoms with van der Waals surface area (Å²) in [4.78, 5) is 20.8. The summed E-state index contributed by atoms with van der Waals surface area (Å²) in [6.45, 7) is 9.76. The van der Waals surface area contributed by atoms with Crippen molar-refractivity contribution >= 4 is 41.5 Å². The Morgan fingerprint density at radius 2 is 2.07 bits per heavy atom. The Kier molecular flexibility index (Phi) is 11.9. The highest BCUT2D eigenvalue weighted by Crippen LogP contribution is 2.19. The van der Waals surface area contributed by atoms with Crippen molar-refractivity contribution in [3.63, 3.8) is 0 Å². The first-order valence-electron chi connectivity index (χ1n) is 10.3. The maximum absolute atomic E-state index is 11.2. The van der Waals surface area contributed by atoms with Crippen molar-refractivity contribution in [2.24, 2.45) is 16.6 Å². The van der Waals surface area contributed by atoms with Gasteiger partial charge in [-0.25, -0.2) is 0 Å². The molecule has 0 bridgehead atoms. The molecule has 1 aromatic rings. The summed E-state index contributed by atoms with van der Waals surface area (Å²) < 4.78 is 0. The molecule has 1 fully saturated rings. The molecule has 0 aromatic heterocycles. The summed E-state index contributed by atoms with van der Waals surface area (Å²) in [5.74, 6) is 1.10. The number of nitrogens with one attached hydrogen (secondary N) is 1. The van der Waals surface area contributed by atoms with Crippen molar-refractivity contribution in [3.05, 3.63) is 30.3 Å². The number of para-hydroxylation sites is 1. The number of rotatable bonds is 9. The van der Waals surface area contributed by atoms with Crippen molar-refractivity contribution in [2.45, 2.75) is 39.5 Å². The summed E-state index contributed by atoms with van der Waals surface area (Å²) >= 11 is 0. The molecular weight excluding hydrogens is 465 g/mol. The second kappa shape index (κ2) is 13.6. The maximum atomic E-state index is 11.2. The smallest absolute Gasteiger partial charge is 0.217 e. The largest absolute Gasteiger partial charge is 0.372 e. The van der Waals surface area contributed by atoms with Crippen molar-refractivity contribution in [1.29, 1.82) is 0 Å². The zero-order valence-corrected chi connectivity index (χ0v) is 19.6. The van der Waals surface area contributed by atoms with E-state index in [0.717, 1.165) is 64.5 Å². The van der Waals surface area contributed by atoms with Gasteiger partial charge >= 0.3 is 0 Å². The molecule has 1 saturated heterocycles. The Bertz CT molecular complexity index is 596. The normalized spacial score (nSPS) is 17.0. The van der Waals surface area contributed by atoms with Gasteiger partial charge in [0.2, 0.25) is 5.91 Å². The number of benzene rings is 1. The zero-order chi connectivity index (χ0) is 19.5. The molecule has 2 rings (SSSR count). The number of nitrogens with zero attached hydrogens (tertiary/aromatic N) is 3. The molecule has 0 saturated carbocycles. The number of guanidine groups is 1. The van der Waals surface area contributed by atoms with E-state index in [4.69, 9.17) is 10.7 Å². The van der Waals surface area contributed by atoms with Crippen LogP contribution in [0.5, 0.6) is 0 Å². The van der Waals surface area contributed by atoms with E-state index in [2.05, 4.69) is 59.3 Å². The summed E-state index contributed by atoms with van der Waals surface area (Å²) in [5, 5.41) is 3.41. The summed E-state index contributed by atoms with van der Waals surface area (Å²) in [7, 11) is 0. The quantitative estimate of drug-likeness (QED) is 0.236. The average Bonchev–Trinajstić information content (AvgIpc) is 2.67. The van der Waals surface area contributed by atoms with E-state index >= 15 is 0 Å². The van der Waals surface area contributed by atoms with Gasteiger partial charge in [-0.3, -0.25) is 9.79 Å². The molecule has 1 atom stereocenters. The third-order valence-corrected chi connectivity index (χ3v) is 4.99. The van der Waals surface area contributed by atoms with Crippen molar-refractivity contribution in [1.82, 2.24) is 10.2 Å². The Balaban J connectivity index is 0.00000392. The fourth-order valence-electron chi connectivity index (χ4n) is 3.69. The zero-order valence-electron chi connectivity index (χ0n) is 17.3. The Hall–Kier alpha value is -1.51. The number of hydrogen-bond donors (Lipinski definition) is 2. The number of hydrogen-bond acceptors (Lipinski definition) is 3. The standard InChI is InChI=1S/C21H35N5O.HI/c1-3-23-21(26-14-8-10-18(17-26)16-20(22)27)24-13-9-15-25(4-2)19-11-6-5-7-12-19;/h5-7,11-12,18H,3-4,8-10,13-17H2,1-2H3,(H2,22,27)(H,23,24);1H. The molecule has 1 unspecified atom stereocenters. The first-order valence-corrected chi connectivity index (χ1v) is 10.3. The van der Waals surface area contributed by atoms with Crippen LogP contribution in [0.15, 0.2) is 35.3 Å². The van der Waals surface area contributed by atoms with Crippen LogP contribution in [0.25, 0.3) is 0 Å². The van der Waals surface area contributed by atoms with Gasteiger partial charge in [0.15, 0.2) is 5.96 Å². The number of likely N-dealkylation sites (tertiary alicyclic amines) is 1. The van der Waals surface area contributed by atoms with Crippen LogP contribution in [-0.4, -0.2) is 56.0 Å². The molecule has 28 heavy (non-hydrogen) atoms. The molecule has 0 spiro atoms. The van der Waals surface area contributed by atoms with Crippen LogP contribution in [0, 0.1) is 5.92 Å². The topological polar surface area (TPSA) is 74.0 Å². The van der Waals surface area contributed by atoms with Crippen LogP contribution in [0.1, 0.15) is 39.5 Å². The fraction of sp³-hybridized carbons (Fsp3) is 0.619. The van der Waals surface area contributed by atoms with Gasteiger partial charge in [-0.15, -0.1) is 24.0 Å². The van der Waals surface area contributed by atoms with Gasteiger partial charge in [0.25, 0.3) is 0 Å². The first-order chi connectivity index (χ1) is 13.1. The average molecular weight is 501 g/mol. The van der Waals surface area contributed by atoms with Crippen LogP contribution in [0.3, 0.4) is 0 Å². The van der Waals surface area contributed by atoms with Gasteiger partial charge < -0.3 is 20.9 Å². The number of nitrogens with two attached hydrogens (primary N) is 1. The van der Waals surface area contributed by atoms with E-state index in [1.54, 1.807) is 0 Å². The third kappa shape index (κ3) is 8.24. The minimum Gasteiger partial charge on any atom is -0.372 e. The molecule has 158 valence electrons. The van der Waals surface area contributed by atoms with Crippen molar-refractivity contribution < 1.29 is 4.79 Å². The molecule has 0 aliphatic carbocycles. The number of carbonyl (C=O) groups excluding carboxylic acids is 1. The molecule has 7 heteroatoms. The minimum atomic E-state index is -0.204. The molecule has 1 aromatic carbocycles. The monoisotopic (exact) mass is 501 g/mol. The van der Waals surface area contributed by atoms with Crippen molar-refractivity contribution in [3.8, 4) is 0 Å². The van der Waals surface area contributed by atoms with Gasteiger partial charge in [-0.2, -0.15) is 0 Å². The van der Waals surface area contributed by atoms with Gasteiger partial charge in [0, 0.05) is 51.4 Å². The van der Waals surface area contributed by atoms with Crippen LogP contribution in [0.4, 0.5) is 5.69 Å². The first kappa shape index (κ1) is 24.5. The molecule has 1 amide bonds. The number of piperidine rings is 1. The lowest BCUT2D eigenvalue weighted by Crippen LogP contribution is -2.47. The summed E-state index contributed by atoms with van der Waals surface area (Å²) in [5.41, 5.74) is 6.65. The van der Waals surface area contributed by atoms with Crippen LogP contribution >= 0.6 is 24.0 Å². The van der Waals surface area contributed by atoms with E-state index in [1.807, 2.05) is 0 Å². The van der Waals surface area contributed by atoms with E-state index in [1.165, 1.54) is 5.69 Å². The van der Waals surface area contributed by atoms with Gasteiger partial charge in [0.05, 0.1) is 0 Å². The Morgan fingerprint density at radius 1 is 1.32 bits per heavy atom. The summed E-state index contributed by atoms with van der Waals surface area (Å²) in [6, 6.07) is 10.5. The Morgan fingerprint density at radius 3 is 2.71 bits per heavy atom. The number of primary amides is 1.